The molecule has 1 aromatic rings. The van der Waals surface area contributed by atoms with Crippen molar-refractivity contribution < 1.29 is 14.4 Å². The third kappa shape index (κ3) is 3.20. The first-order valence-corrected chi connectivity index (χ1v) is 6.68. The van der Waals surface area contributed by atoms with E-state index in [1.54, 1.807) is 0 Å². The molecule has 0 aromatic carbocycles. The molecule has 0 amide bonds. The fraction of sp³-hybridized carbons (Fsp3) is 0.800. The number of aromatic nitrogens is 2. The molecule has 1 aliphatic rings. The molecule has 0 aliphatic carbocycles. The van der Waals surface area contributed by atoms with Crippen LogP contribution in [0.5, 0.6) is 0 Å². The summed E-state index contributed by atoms with van der Waals surface area (Å²) in [6, 6.07) is 0. The normalized spacial score (nSPS) is 21.2. The van der Waals surface area contributed by atoms with Gasteiger partial charge in [0, 0.05) is 24.5 Å². The Bertz CT molecular complexity index is 313. The highest BCUT2D eigenvalue weighted by Gasteiger charge is 2.21. The topological polar surface area (TPSA) is 68.4 Å². The summed E-state index contributed by atoms with van der Waals surface area (Å²) in [5.41, 5.74) is 0. The zero-order valence-corrected chi connectivity index (χ0v) is 9.91. The van der Waals surface area contributed by atoms with Crippen LogP contribution in [0.3, 0.4) is 0 Å². The van der Waals surface area contributed by atoms with Crippen molar-refractivity contribution in [1.29, 1.82) is 0 Å². The number of aliphatic hydroxyl groups is 1. The number of thioether (sulfide) groups is 1. The Hall–Kier alpha value is -0.590. The van der Waals surface area contributed by atoms with E-state index in [4.69, 9.17) is 14.4 Å². The summed E-state index contributed by atoms with van der Waals surface area (Å²) in [5, 5.41) is 12.6. The molecule has 1 unspecified atom stereocenters. The van der Waals surface area contributed by atoms with E-state index in [0.29, 0.717) is 11.7 Å². The SMILES string of the molecule is OCCCCc1nc(C2CSCCO2)no1. The molecule has 0 spiro atoms. The minimum atomic E-state index is -0.0194. The maximum Gasteiger partial charge on any atom is 0.226 e. The highest BCUT2D eigenvalue weighted by atomic mass is 32.2. The van der Waals surface area contributed by atoms with Crippen LogP contribution in [0.25, 0.3) is 0 Å². The predicted molar refractivity (Wildman–Crippen MR) is 60.3 cm³/mol. The Balaban J connectivity index is 1.85. The summed E-state index contributed by atoms with van der Waals surface area (Å²) in [4.78, 5) is 4.31. The summed E-state index contributed by atoms with van der Waals surface area (Å²) < 4.78 is 10.7. The van der Waals surface area contributed by atoms with E-state index in [0.717, 1.165) is 37.4 Å². The van der Waals surface area contributed by atoms with Crippen LogP contribution in [0.2, 0.25) is 0 Å². The smallest absolute Gasteiger partial charge is 0.226 e. The maximum atomic E-state index is 8.66. The fourth-order valence-corrected chi connectivity index (χ4v) is 2.37. The van der Waals surface area contributed by atoms with E-state index < -0.39 is 0 Å². The molecular formula is C10H16N2O3S. The van der Waals surface area contributed by atoms with E-state index in [-0.39, 0.29) is 12.7 Å². The number of unbranched alkanes of at least 4 members (excludes halogenated alkanes) is 1. The van der Waals surface area contributed by atoms with Crippen molar-refractivity contribution in [1.82, 2.24) is 10.1 Å². The summed E-state index contributed by atoms with van der Waals surface area (Å²) in [6.45, 7) is 0.965. The first-order chi connectivity index (χ1) is 7.90. The molecule has 1 fully saturated rings. The molecule has 0 saturated carbocycles. The molecule has 6 heteroatoms. The highest BCUT2D eigenvalue weighted by molar-refractivity contribution is 7.99. The van der Waals surface area contributed by atoms with Gasteiger partial charge in [-0.3, -0.25) is 0 Å². The summed E-state index contributed by atoms with van der Waals surface area (Å²) >= 11 is 1.85. The zero-order valence-electron chi connectivity index (χ0n) is 9.09. The molecule has 5 nitrogen and oxygen atoms in total. The van der Waals surface area contributed by atoms with Crippen molar-refractivity contribution in [3.05, 3.63) is 11.7 Å². The van der Waals surface area contributed by atoms with Crippen LogP contribution in [-0.4, -0.2) is 40.0 Å². The summed E-state index contributed by atoms with van der Waals surface area (Å²) in [7, 11) is 0. The Morgan fingerprint density at radius 2 is 2.38 bits per heavy atom. The Morgan fingerprint density at radius 1 is 1.44 bits per heavy atom. The number of hydrogen-bond acceptors (Lipinski definition) is 6. The average Bonchev–Trinajstić information content (AvgIpc) is 2.79. The molecule has 1 aromatic heterocycles. The number of aliphatic hydroxyl groups excluding tert-OH is 1. The fourth-order valence-electron chi connectivity index (χ4n) is 1.53. The van der Waals surface area contributed by atoms with Gasteiger partial charge in [-0.15, -0.1) is 0 Å². The lowest BCUT2D eigenvalue weighted by Crippen LogP contribution is -2.16. The number of rotatable bonds is 5. The van der Waals surface area contributed by atoms with E-state index in [1.807, 2.05) is 11.8 Å². The molecular weight excluding hydrogens is 228 g/mol. The second kappa shape index (κ2) is 6.22. The highest BCUT2D eigenvalue weighted by Crippen LogP contribution is 2.24. The minimum Gasteiger partial charge on any atom is -0.396 e. The van der Waals surface area contributed by atoms with E-state index >= 15 is 0 Å². The van der Waals surface area contributed by atoms with Crippen LogP contribution in [0.4, 0.5) is 0 Å². The van der Waals surface area contributed by atoms with Crippen LogP contribution in [0, 0.1) is 0 Å². The molecule has 1 aliphatic heterocycles. The largest absolute Gasteiger partial charge is 0.396 e. The standard InChI is InChI=1S/C10H16N2O3S/c13-4-2-1-3-9-11-10(12-15-9)8-7-16-6-5-14-8/h8,13H,1-7H2. The van der Waals surface area contributed by atoms with Crippen molar-refractivity contribution in [3.63, 3.8) is 0 Å². The first kappa shape index (κ1) is 11.9. The van der Waals surface area contributed by atoms with Crippen molar-refractivity contribution in [2.75, 3.05) is 24.7 Å². The zero-order chi connectivity index (χ0) is 11.2. The van der Waals surface area contributed by atoms with E-state index in [9.17, 15) is 0 Å². The summed E-state index contributed by atoms with van der Waals surface area (Å²) in [6.07, 6.45) is 2.35. The van der Waals surface area contributed by atoms with Gasteiger partial charge in [0.25, 0.3) is 0 Å². The van der Waals surface area contributed by atoms with Crippen molar-refractivity contribution in [2.45, 2.75) is 25.4 Å². The van der Waals surface area contributed by atoms with Crippen LogP contribution < -0.4 is 0 Å². The van der Waals surface area contributed by atoms with E-state index in [1.165, 1.54) is 0 Å². The van der Waals surface area contributed by atoms with Crippen LogP contribution in [0.1, 0.15) is 30.7 Å². The van der Waals surface area contributed by atoms with Crippen molar-refractivity contribution in [3.8, 4) is 0 Å². The Kier molecular flexibility index (Phi) is 4.62. The first-order valence-electron chi connectivity index (χ1n) is 5.53. The van der Waals surface area contributed by atoms with Gasteiger partial charge in [-0.25, -0.2) is 0 Å². The molecule has 0 bridgehead atoms. The molecule has 90 valence electrons. The lowest BCUT2D eigenvalue weighted by molar-refractivity contribution is 0.0677. The van der Waals surface area contributed by atoms with Gasteiger partial charge < -0.3 is 14.4 Å². The molecule has 0 radical (unpaired) electrons. The molecule has 2 heterocycles. The number of hydrogen-bond donors (Lipinski definition) is 1. The van der Waals surface area contributed by atoms with Crippen molar-refractivity contribution >= 4 is 11.8 Å². The van der Waals surface area contributed by atoms with Crippen molar-refractivity contribution in [2.24, 2.45) is 0 Å². The number of ether oxygens (including phenoxy) is 1. The minimum absolute atomic E-state index is 0.0194. The third-order valence-electron chi connectivity index (χ3n) is 2.39. The lowest BCUT2D eigenvalue weighted by atomic mass is 10.2. The van der Waals surface area contributed by atoms with Gasteiger partial charge in [0.15, 0.2) is 0 Å². The third-order valence-corrected chi connectivity index (χ3v) is 3.38. The number of nitrogens with zero attached hydrogens (tertiary/aromatic N) is 2. The molecule has 2 rings (SSSR count). The van der Waals surface area contributed by atoms with Gasteiger partial charge in [0.05, 0.1) is 6.61 Å². The van der Waals surface area contributed by atoms with Crippen LogP contribution in [0.15, 0.2) is 4.52 Å². The lowest BCUT2D eigenvalue weighted by Gasteiger charge is -2.18. The second-order valence-electron chi connectivity index (χ2n) is 3.66. The average molecular weight is 244 g/mol. The Labute approximate surface area is 98.6 Å². The van der Waals surface area contributed by atoms with Gasteiger partial charge >= 0.3 is 0 Å². The van der Waals surface area contributed by atoms with Gasteiger partial charge in [0.1, 0.15) is 6.10 Å². The molecule has 16 heavy (non-hydrogen) atoms. The van der Waals surface area contributed by atoms with Gasteiger partial charge in [-0.1, -0.05) is 5.16 Å². The second-order valence-corrected chi connectivity index (χ2v) is 4.81. The number of aryl methyl sites for hydroxylation is 1. The monoisotopic (exact) mass is 244 g/mol. The molecule has 1 saturated heterocycles. The molecule has 1 N–H and O–H groups in total. The van der Waals surface area contributed by atoms with Crippen LogP contribution in [-0.2, 0) is 11.2 Å². The Morgan fingerprint density at radius 3 is 3.12 bits per heavy atom. The van der Waals surface area contributed by atoms with Crippen LogP contribution >= 0.6 is 11.8 Å². The van der Waals surface area contributed by atoms with Gasteiger partial charge in [0.2, 0.25) is 11.7 Å². The van der Waals surface area contributed by atoms with Gasteiger partial charge in [-0.2, -0.15) is 16.7 Å². The predicted octanol–water partition coefficient (Wildman–Crippen LogP) is 1.19. The van der Waals surface area contributed by atoms with Gasteiger partial charge in [-0.05, 0) is 12.8 Å². The maximum absolute atomic E-state index is 8.66. The van der Waals surface area contributed by atoms with E-state index in [2.05, 4.69) is 10.1 Å². The quantitative estimate of drug-likeness (QED) is 0.785. The molecule has 1 atom stereocenters. The summed E-state index contributed by atoms with van der Waals surface area (Å²) in [5.74, 6) is 3.24.